The Morgan fingerprint density at radius 1 is 1.00 bits per heavy atom. The molecule has 162 valence electrons. The first kappa shape index (κ1) is 20.9. The molecule has 0 bridgehead atoms. The first-order valence-corrected chi connectivity index (χ1v) is 9.28. The molecule has 4 aromatic rings. The van der Waals surface area contributed by atoms with Gasteiger partial charge in [-0.15, -0.1) is 0 Å². The van der Waals surface area contributed by atoms with Crippen LogP contribution in [-0.2, 0) is 9.59 Å². The number of hydrogen-bond acceptors (Lipinski definition) is 4. The van der Waals surface area contributed by atoms with Crippen LogP contribution in [-0.4, -0.2) is 21.8 Å². The molecule has 0 aliphatic rings. The quantitative estimate of drug-likeness (QED) is 0.394. The fourth-order valence-corrected chi connectivity index (χ4v) is 3.17. The summed E-state index contributed by atoms with van der Waals surface area (Å²) in [5.41, 5.74) is 5.31. The number of carbonyl (C=O) groups excluding carboxylic acids is 2. The molecule has 32 heavy (non-hydrogen) atoms. The summed E-state index contributed by atoms with van der Waals surface area (Å²) in [7, 11) is 0. The van der Waals surface area contributed by atoms with Crippen LogP contribution in [0, 0.1) is 17.5 Å². The zero-order valence-electron chi connectivity index (χ0n) is 16.2. The number of ether oxygens (including phenoxy) is 1. The van der Waals surface area contributed by atoms with Gasteiger partial charge in [-0.05, 0) is 42.0 Å². The summed E-state index contributed by atoms with van der Waals surface area (Å²) >= 11 is 0. The molecule has 7 nitrogen and oxygen atoms in total. The highest BCUT2D eigenvalue weighted by Gasteiger charge is 2.28. The summed E-state index contributed by atoms with van der Waals surface area (Å²) in [6, 6.07) is 9.13. The van der Waals surface area contributed by atoms with Gasteiger partial charge in [0.1, 0.15) is 28.9 Å². The molecule has 0 fully saturated rings. The second kappa shape index (κ2) is 8.42. The van der Waals surface area contributed by atoms with E-state index in [0.717, 1.165) is 24.3 Å². The number of fused-ring (bicyclic) bond motifs is 1. The molecule has 4 rings (SSSR count). The molecule has 1 unspecified atom stereocenters. The zero-order chi connectivity index (χ0) is 22.8. The van der Waals surface area contributed by atoms with Crippen LogP contribution in [0.2, 0.25) is 0 Å². The van der Waals surface area contributed by atoms with E-state index >= 15 is 0 Å². The summed E-state index contributed by atoms with van der Waals surface area (Å²) in [6.45, 7) is 0. The number of aromatic amines is 1. The number of halogens is 3. The van der Waals surface area contributed by atoms with Gasteiger partial charge in [0.05, 0.1) is 11.1 Å². The number of benzene rings is 2. The van der Waals surface area contributed by atoms with Gasteiger partial charge in [0.15, 0.2) is 11.6 Å². The number of aromatic nitrogens is 2. The number of nitrogens with one attached hydrogen (secondary N) is 2. The van der Waals surface area contributed by atoms with Crippen molar-refractivity contribution >= 4 is 28.5 Å². The highest BCUT2D eigenvalue weighted by molar-refractivity contribution is 6.10. The molecule has 10 heteroatoms. The minimum absolute atomic E-state index is 0.0850. The molecule has 0 saturated heterocycles. The Hall–Kier alpha value is -4.34. The molecule has 4 N–H and O–H groups in total. The van der Waals surface area contributed by atoms with Gasteiger partial charge in [0.25, 0.3) is 0 Å². The molecule has 2 aromatic carbocycles. The molecular weight excluding hydrogens is 425 g/mol. The van der Waals surface area contributed by atoms with E-state index in [9.17, 15) is 22.8 Å². The average Bonchev–Trinajstić information content (AvgIpc) is 3.22. The molecule has 2 amide bonds. The van der Waals surface area contributed by atoms with Crippen LogP contribution in [0.15, 0.2) is 60.9 Å². The maximum Gasteiger partial charge on any atom is 0.241 e. The van der Waals surface area contributed by atoms with Crippen molar-refractivity contribution in [1.29, 1.82) is 0 Å². The van der Waals surface area contributed by atoms with Crippen molar-refractivity contribution < 1.29 is 27.5 Å². The van der Waals surface area contributed by atoms with Crippen molar-refractivity contribution in [2.24, 2.45) is 5.73 Å². The molecule has 1 atom stereocenters. The zero-order valence-corrected chi connectivity index (χ0v) is 16.2. The molecule has 0 spiro atoms. The topological polar surface area (TPSA) is 110 Å². The van der Waals surface area contributed by atoms with Crippen molar-refractivity contribution in [3.63, 3.8) is 0 Å². The van der Waals surface area contributed by atoms with Gasteiger partial charge in [-0.2, -0.15) is 0 Å². The van der Waals surface area contributed by atoms with Crippen molar-refractivity contribution in [1.82, 2.24) is 9.97 Å². The van der Waals surface area contributed by atoms with Gasteiger partial charge in [-0.3, -0.25) is 9.59 Å². The number of rotatable bonds is 6. The number of nitrogens with two attached hydrogens (primary N) is 1. The van der Waals surface area contributed by atoms with Crippen molar-refractivity contribution in [3.05, 3.63) is 83.9 Å². The number of amides is 2. The minimum Gasteiger partial charge on any atom is -0.453 e. The number of primary amides is 1. The minimum atomic E-state index is -1.65. The fourth-order valence-electron chi connectivity index (χ4n) is 3.17. The molecule has 0 radical (unpaired) electrons. The molecule has 2 aromatic heterocycles. The van der Waals surface area contributed by atoms with Crippen LogP contribution in [0.5, 0.6) is 11.5 Å². The van der Waals surface area contributed by atoms with Gasteiger partial charge >= 0.3 is 0 Å². The SMILES string of the molecule is NC(=O)C(C(=O)Nc1cc(F)ccc1F)c1ccc(Oc2ccnc3[nH]ccc23)c(F)c1. The maximum absolute atomic E-state index is 14.8. The Morgan fingerprint density at radius 3 is 2.56 bits per heavy atom. The normalized spacial score (nSPS) is 11.8. The van der Waals surface area contributed by atoms with Crippen LogP contribution >= 0.6 is 0 Å². The van der Waals surface area contributed by atoms with Gasteiger partial charge in [-0.25, -0.2) is 18.2 Å². The van der Waals surface area contributed by atoms with E-state index in [4.69, 9.17) is 10.5 Å². The van der Waals surface area contributed by atoms with Crippen LogP contribution in [0.25, 0.3) is 11.0 Å². The summed E-state index contributed by atoms with van der Waals surface area (Å²) in [6.07, 6.45) is 3.14. The van der Waals surface area contributed by atoms with E-state index < -0.39 is 40.9 Å². The fraction of sp³-hybridized carbons (Fsp3) is 0.0455. The average molecular weight is 440 g/mol. The lowest BCUT2D eigenvalue weighted by molar-refractivity contribution is -0.127. The molecule has 0 saturated carbocycles. The predicted molar refractivity (Wildman–Crippen MR) is 109 cm³/mol. The lowest BCUT2D eigenvalue weighted by atomic mass is 9.97. The number of H-pyrrole nitrogens is 1. The maximum atomic E-state index is 14.8. The smallest absolute Gasteiger partial charge is 0.241 e. The molecule has 2 heterocycles. The lowest BCUT2D eigenvalue weighted by Gasteiger charge is -2.16. The molecule has 0 aliphatic heterocycles. The molecule has 0 aliphatic carbocycles. The van der Waals surface area contributed by atoms with Crippen molar-refractivity contribution in [3.8, 4) is 11.5 Å². The van der Waals surface area contributed by atoms with E-state index in [1.807, 2.05) is 0 Å². The summed E-state index contributed by atoms with van der Waals surface area (Å²) < 4.78 is 47.6. The predicted octanol–water partition coefficient (Wildman–Crippen LogP) is 3.98. The van der Waals surface area contributed by atoms with E-state index in [2.05, 4.69) is 15.3 Å². The van der Waals surface area contributed by atoms with Crippen LogP contribution in [0.4, 0.5) is 18.9 Å². The third-order valence-corrected chi connectivity index (χ3v) is 4.66. The number of pyridine rings is 1. The first-order valence-electron chi connectivity index (χ1n) is 9.28. The van der Waals surface area contributed by atoms with Gasteiger partial charge in [0, 0.05) is 18.5 Å². The highest BCUT2D eigenvalue weighted by atomic mass is 19.1. The summed E-state index contributed by atoms with van der Waals surface area (Å²) in [5.74, 6) is -6.19. The lowest BCUT2D eigenvalue weighted by Crippen LogP contribution is -2.32. The molecular formula is C22H15F3N4O3. The first-order chi connectivity index (χ1) is 15.3. The monoisotopic (exact) mass is 440 g/mol. The van der Waals surface area contributed by atoms with Crippen LogP contribution < -0.4 is 15.8 Å². The van der Waals surface area contributed by atoms with Crippen molar-refractivity contribution in [2.45, 2.75) is 5.92 Å². The number of hydrogen-bond donors (Lipinski definition) is 3. The number of anilines is 1. The van der Waals surface area contributed by atoms with E-state index in [0.29, 0.717) is 16.8 Å². The van der Waals surface area contributed by atoms with Gasteiger partial charge in [0.2, 0.25) is 11.8 Å². The van der Waals surface area contributed by atoms with E-state index in [-0.39, 0.29) is 11.3 Å². The third-order valence-electron chi connectivity index (χ3n) is 4.66. The van der Waals surface area contributed by atoms with Crippen molar-refractivity contribution in [2.75, 3.05) is 5.32 Å². The highest BCUT2D eigenvalue weighted by Crippen LogP contribution is 2.32. The van der Waals surface area contributed by atoms with Crippen LogP contribution in [0.3, 0.4) is 0 Å². The third kappa shape index (κ3) is 4.10. The summed E-state index contributed by atoms with van der Waals surface area (Å²) in [5, 5.41) is 2.73. The Balaban J connectivity index is 1.60. The van der Waals surface area contributed by atoms with E-state index in [1.165, 1.54) is 18.3 Å². The largest absolute Gasteiger partial charge is 0.453 e. The Bertz CT molecular complexity index is 1340. The second-order valence-electron chi connectivity index (χ2n) is 6.79. The standard InChI is InChI=1S/C22H15F3N4O3/c23-12-2-3-14(24)16(10-12)29-22(31)19(20(26)30)11-1-4-18(15(25)9-11)32-17-6-8-28-21-13(17)5-7-27-21/h1-10,19H,(H2,26,30)(H,27,28)(H,29,31). The van der Waals surface area contributed by atoms with Crippen LogP contribution in [0.1, 0.15) is 11.5 Å². The Labute approximate surface area is 179 Å². The number of nitrogens with zero attached hydrogens (tertiary/aromatic N) is 1. The number of carbonyl (C=O) groups is 2. The second-order valence-corrected chi connectivity index (χ2v) is 6.79. The Kier molecular flexibility index (Phi) is 5.50. The van der Waals surface area contributed by atoms with E-state index in [1.54, 1.807) is 18.3 Å². The summed E-state index contributed by atoms with van der Waals surface area (Å²) in [4.78, 5) is 31.5. The van der Waals surface area contributed by atoms with Gasteiger partial charge < -0.3 is 20.8 Å². The van der Waals surface area contributed by atoms with Gasteiger partial charge in [-0.1, -0.05) is 6.07 Å². The Morgan fingerprint density at radius 2 is 1.81 bits per heavy atom.